The van der Waals surface area contributed by atoms with E-state index in [0.717, 1.165) is 11.0 Å². The highest BCUT2D eigenvalue weighted by molar-refractivity contribution is 5.78. The average molecular weight is 281 g/mol. The van der Waals surface area contributed by atoms with Crippen LogP contribution < -0.4 is 0 Å². The lowest BCUT2D eigenvalue weighted by Crippen LogP contribution is -2.28. The fourth-order valence-electron chi connectivity index (χ4n) is 4.09. The molecule has 0 unspecified atom stereocenters. The van der Waals surface area contributed by atoms with Gasteiger partial charge < -0.3 is 4.57 Å². The normalized spacial score (nSPS) is 17.5. The second kappa shape index (κ2) is 5.18. The molecular formula is C18H23N3. The second-order valence-electron chi connectivity index (χ2n) is 6.90. The number of nitrogens with zero attached hydrogens (tertiary/aromatic N) is 3. The Hall–Kier alpha value is -1.82. The molecule has 3 nitrogen and oxygen atoms in total. The molecule has 1 aromatic heterocycles. The summed E-state index contributed by atoms with van der Waals surface area (Å²) in [5, 5.41) is 9.10. The van der Waals surface area contributed by atoms with Gasteiger partial charge in [-0.3, -0.25) is 0 Å². The van der Waals surface area contributed by atoms with Crippen molar-refractivity contribution < 1.29 is 0 Å². The van der Waals surface area contributed by atoms with E-state index in [-0.39, 0.29) is 5.41 Å². The van der Waals surface area contributed by atoms with E-state index in [1.54, 1.807) is 0 Å². The molecule has 3 rings (SSSR count). The van der Waals surface area contributed by atoms with E-state index < -0.39 is 0 Å². The Kier molecular flexibility index (Phi) is 3.49. The molecule has 0 spiro atoms. The third-order valence-electron chi connectivity index (χ3n) is 4.84. The molecule has 1 aliphatic rings. The van der Waals surface area contributed by atoms with Gasteiger partial charge in [-0.1, -0.05) is 26.7 Å². The number of aromatic nitrogens is 2. The summed E-state index contributed by atoms with van der Waals surface area (Å²) in [4.78, 5) is 4.95. The minimum Gasteiger partial charge on any atom is -0.331 e. The highest BCUT2D eigenvalue weighted by Gasteiger charge is 2.39. The number of fused-ring (bicyclic) bond motifs is 1. The van der Waals surface area contributed by atoms with Crippen LogP contribution in [0.4, 0.5) is 0 Å². The monoisotopic (exact) mass is 281 g/mol. The van der Waals surface area contributed by atoms with E-state index in [2.05, 4.69) is 31.5 Å². The topological polar surface area (TPSA) is 41.6 Å². The van der Waals surface area contributed by atoms with Crippen LogP contribution in [0.15, 0.2) is 18.2 Å². The van der Waals surface area contributed by atoms with Crippen molar-refractivity contribution in [1.82, 2.24) is 9.55 Å². The lowest BCUT2D eigenvalue weighted by Gasteiger charge is -2.30. The molecule has 1 aliphatic carbocycles. The lowest BCUT2D eigenvalue weighted by atomic mass is 9.77. The fraction of sp³-hybridized carbons (Fsp3) is 0.556. The Morgan fingerprint density at radius 2 is 2.05 bits per heavy atom. The highest BCUT2D eigenvalue weighted by atomic mass is 15.1. The highest BCUT2D eigenvalue weighted by Crippen LogP contribution is 2.45. The summed E-state index contributed by atoms with van der Waals surface area (Å²) in [6.07, 6.45) is 6.30. The Bertz CT molecular complexity index is 697. The molecule has 0 atom stereocenters. The molecule has 0 saturated heterocycles. The van der Waals surface area contributed by atoms with Crippen LogP contribution in [0.5, 0.6) is 0 Å². The van der Waals surface area contributed by atoms with Crippen molar-refractivity contribution >= 4 is 11.0 Å². The van der Waals surface area contributed by atoms with Crippen molar-refractivity contribution in [2.75, 3.05) is 0 Å². The maximum atomic E-state index is 9.10. The predicted octanol–water partition coefficient (Wildman–Crippen LogP) is 4.30. The number of hydrogen-bond donors (Lipinski definition) is 0. The zero-order valence-corrected chi connectivity index (χ0v) is 13.2. The summed E-state index contributed by atoms with van der Waals surface area (Å²) in [5.74, 6) is 1.90. The minimum absolute atomic E-state index is 0.231. The predicted molar refractivity (Wildman–Crippen MR) is 85.0 cm³/mol. The van der Waals surface area contributed by atoms with Crippen LogP contribution in [0.2, 0.25) is 0 Å². The Balaban J connectivity index is 2.14. The third-order valence-corrected chi connectivity index (χ3v) is 4.84. The molecule has 21 heavy (non-hydrogen) atoms. The van der Waals surface area contributed by atoms with Crippen LogP contribution in [0, 0.1) is 17.2 Å². The van der Waals surface area contributed by atoms with Crippen LogP contribution in [0.3, 0.4) is 0 Å². The largest absolute Gasteiger partial charge is 0.331 e. The van der Waals surface area contributed by atoms with Gasteiger partial charge >= 0.3 is 0 Å². The lowest BCUT2D eigenvalue weighted by molar-refractivity contribution is 0.323. The summed E-state index contributed by atoms with van der Waals surface area (Å²) >= 11 is 0. The van der Waals surface area contributed by atoms with Gasteiger partial charge in [-0.05, 0) is 43.4 Å². The molecule has 0 bridgehead atoms. The van der Waals surface area contributed by atoms with Gasteiger partial charge in [0.05, 0.1) is 22.7 Å². The molecule has 1 heterocycles. The SMILES string of the molecule is CC(C)CC1(c2nc3ccc(C#N)cc3n2C)CCCC1. The van der Waals surface area contributed by atoms with E-state index in [4.69, 9.17) is 10.2 Å². The van der Waals surface area contributed by atoms with Crippen molar-refractivity contribution in [3.63, 3.8) is 0 Å². The average Bonchev–Trinajstić information content (AvgIpc) is 3.04. The summed E-state index contributed by atoms with van der Waals surface area (Å²) in [6.45, 7) is 4.60. The van der Waals surface area contributed by atoms with Crippen molar-refractivity contribution in [3.8, 4) is 6.07 Å². The molecule has 0 amide bonds. The van der Waals surface area contributed by atoms with E-state index in [1.165, 1.54) is 37.9 Å². The van der Waals surface area contributed by atoms with Crippen molar-refractivity contribution in [2.45, 2.75) is 51.4 Å². The van der Waals surface area contributed by atoms with Crippen molar-refractivity contribution in [3.05, 3.63) is 29.6 Å². The number of benzene rings is 1. The number of rotatable bonds is 3. The maximum absolute atomic E-state index is 9.10. The first-order chi connectivity index (χ1) is 10.1. The number of nitriles is 1. The molecule has 2 aromatic rings. The van der Waals surface area contributed by atoms with Crippen LogP contribution in [-0.2, 0) is 12.5 Å². The molecular weight excluding hydrogens is 258 g/mol. The quantitative estimate of drug-likeness (QED) is 0.841. The standard InChI is InChI=1S/C18H23N3/c1-13(2)11-18(8-4-5-9-18)17-20-15-7-6-14(12-19)10-16(15)21(17)3/h6-7,10,13H,4-5,8-9,11H2,1-3H3. The van der Waals surface area contributed by atoms with Gasteiger partial charge in [0.2, 0.25) is 0 Å². The van der Waals surface area contributed by atoms with Gasteiger partial charge in [0.15, 0.2) is 0 Å². The first kappa shape index (κ1) is 14.1. The smallest absolute Gasteiger partial charge is 0.115 e. The van der Waals surface area contributed by atoms with E-state index >= 15 is 0 Å². The van der Waals surface area contributed by atoms with E-state index in [9.17, 15) is 0 Å². The molecule has 0 N–H and O–H groups in total. The van der Waals surface area contributed by atoms with Gasteiger partial charge in [0.1, 0.15) is 5.82 Å². The molecule has 110 valence electrons. The zero-order chi connectivity index (χ0) is 15.0. The van der Waals surface area contributed by atoms with Gasteiger partial charge in [-0.25, -0.2) is 4.98 Å². The second-order valence-corrected chi connectivity index (χ2v) is 6.90. The molecule has 0 aliphatic heterocycles. The molecule has 3 heteroatoms. The Labute approximate surface area is 126 Å². The zero-order valence-electron chi connectivity index (χ0n) is 13.2. The number of imidazole rings is 1. The third kappa shape index (κ3) is 2.33. The number of hydrogen-bond acceptors (Lipinski definition) is 2. The first-order valence-corrected chi connectivity index (χ1v) is 7.93. The number of aryl methyl sites for hydroxylation is 1. The van der Waals surface area contributed by atoms with Crippen molar-refractivity contribution in [2.24, 2.45) is 13.0 Å². The Morgan fingerprint density at radius 1 is 1.33 bits per heavy atom. The summed E-state index contributed by atoms with van der Waals surface area (Å²) in [5.41, 5.74) is 3.04. The molecule has 1 saturated carbocycles. The summed E-state index contributed by atoms with van der Waals surface area (Å²) < 4.78 is 2.23. The van der Waals surface area contributed by atoms with Crippen LogP contribution in [0.1, 0.15) is 57.3 Å². The minimum atomic E-state index is 0.231. The van der Waals surface area contributed by atoms with Crippen molar-refractivity contribution in [1.29, 1.82) is 5.26 Å². The Morgan fingerprint density at radius 3 is 2.67 bits per heavy atom. The van der Waals surface area contributed by atoms with E-state index in [0.29, 0.717) is 11.5 Å². The molecule has 1 fully saturated rings. The van der Waals surface area contributed by atoms with E-state index in [1.807, 2.05) is 18.2 Å². The summed E-state index contributed by atoms with van der Waals surface area (Å²) in [6, 6.07) is 8.03. The van der Waals surface area contributed by atoms with Gasteiger partial charge in [-0.2, -0.15) is 5.26 Å². The van der Waals surface area contributed by atoms with Crippen LogP contribution in [0.25, 0.3) is 11.0 Å². The molecule has 1 aromatic carbocycles. The first-order valence-electron chi connectivity index (χ1n) is 7.93. The van der Waals surface area contributed by atoms with Gasteiger partial charge in [0.25, 0.3) is 0 Å². The molecule has 0 radical (unpaired) electrons. The van der Waals surface area contributed by atoms with Crippen LogP contribution in [-0.4, -0.2) is 9.55 Å². The van der Waals surface area contributed by atoms with Gasteiger partial charge in [0, 0.05) is 12.5 Å². The fourth-order valence-corrected chi connectivity index (χ4v) is 4.09. The van der Waals surface area contributed by atoms with Gasteiger partial charge in [-0.15, -0.1) is 0 Å². The van der Waals surface area contributed by atoms with Crippen LogP contribution >= 0.6 is 0 Å². The maximum Gasteiger partial charge on any atom is 0.115 e. The summed E-state index contributed by atoms with van der Waals surface area (Å²) in [7, 11) is 2.10.